The summed E-state index contributed by atoms with van der Waals surface area (Å²) in [6.07, 6.45) is 1.59. The van der Waals surface area contributed by atoms with Crippen molar-refractivity contribution in [2.75, 3.05) is 0 Å². The Labute approximate surface area is 71.0 Å². The first-order valence-electron chi connectivity index (χ1n) is 3.34. The van der Waals surface area contributed by atoms with Crippen molar-refractivity contribution in [2.24, 2.45) is 0 Å². The Balaban J connectivity index is 2.90. The van der Waals surface area contributed by atoms with Crippen LogP contribution in [-0.2, 0) is 6.42 Å². The first-order valence-corrected chi connectivity index (χ1v) is 3.81. The van der Waals surface area contributed by atoms with E-state index >= 15 is 0 Å². The number of hydrogen-bond donors (Lipinski definition) is 0. The van der Waals surface area contributed by atoms with Crippen molar-refractivity contribution in [1.82, 2.24) is 0 Å². The highest BCUT2D eigenvalue weighted by Crippen LogP contribution is 2.02. The van der Waals surface area contributed by atoms with Crippen molar-refractivity contribution in [3.8, 4) is 0 Å². The van der Waals surface area contributed by atoms with Crippen LogP contribution in [0.25, 0.3) is 0 Å². The van der Waals surface area contributed by atoms with Crippen molar-refractivity contribution >= 4 is 23.9 Å². The van der Waals surface area contributed by atoms with Crippen LogP contribution in [0.1, 0.15) is 15.9 Å². The van der Waals surface area contributed by atoms with E-state index < -0.39 is 0 Å². The van der Waals surface area contributed by atoms with E-state index in [1.54, 1.807) is 11.4 Å². The van der Waals surface area contributed by atoms with E-state index in [0.29, 0.717) is 5.56 Å². The summed E-state index contributed by atoms with van der Waals surface area (Å²) in [5.74, 6) is 0. The summed E-state index contributed by atoms with van der Waals surface area (Å²) >= 11 is 4.70. The molecule has 0 saturated heterocycles. The molecule has 1 aromatic rings. The lowest BCUT2D eigenvalue weighted by Crippen LogP contribution is -1.86. The van der Waals surface area contributed by atoms with Gasteiger partial charge in [0.25, 0.3) is 0 Å². The SMILES string of the molecule is O=Cc1cccc(CC=S)c1. The monoisotopic (exact) mass is 164 g/mol. The van der Waals surface area contributed by atoms with Crippen LogP contribution in [0.3, 0.4) is 0 Å². The van der Waals surface area contributed by atoms with Crippen LogP contribution in [0.15, 0.2) is 24.3 Å². The number of aldehydes is 1. The second-order valence-electron chi connectivity index (χ2n) is 2.23. The van der Waals surface area contributed by atoms with Gasteiger partial charge >= 0.3 is 0 Å². The lowest BCUT2D eigenvalue weighted by atomic mass is 10.1. The summed E-state index contributed by atoms with van der Waals surface area (Å²) in [5.41, 5.74) is 1.80. The van der Waals surface area contributed by atoms with Crippen LogP contribution >= 0.6 is 12.2 Å². The van der Waals surface area contributed by atoms with Crippen LogP contribution in [0, 0.1) is 0 Å². The zero-order valence-electron chi connectivity index (χ0n) is 5.99. The van der Waals surface area contributed by atoms with Crippen molar-refractivity contribution < 1.29 is 4.79 Å². The van der Waals surface area contributed by atoms with E-state index in [1.165, 1.54) is 0 Å². The standard InChI is InChI=1S/C9H8OS/c10-7-9-3-1-2-8(6-9)4-5-11/h1-3,5-7H,4H2. The lowest BCUT2D eigenvalue weighted by Gasteiger charge is -1.95. The van der Waals surface area contributed by atoms with Crippen LogP contribution in [-0.4, -0.2) is 11.7 Å². The van der Waals surface area contributed by atoms with Gasteiger partial charge in [-0.15, -0.1) is 0 Å². The zero-order chi connectivity index (χ0) is 8.10. The van der Waals surface area contributed by atoms with Gasteiger partial charge in [0.05, 0.1) is 0 Å². The molecule has 1 nitrogen and oxygen atoms in total. The van der Waals surface area contributed by atoms with Crippen molar-refractivity contribution in [1.29, 1.82) is 0 Å². The summed E-state index contributed by atoms with van der Waals surface area (Å²) in [6.45, 7) is 0. The fourth-order valence-corrected chi connectivity index (χ4v) is 1.08. The van der Waals surface area contributed by atoms with Crippen LogP contribution < -0.4 is 0 Å². The molecule has 11 heavy (non-hydrogen) atoms. The van der Waals surface area contributed by atoms with Gasteiger partial charge in [-0.3, -0.25) is 4.79 Å². The maximum atomic E-state index is 10.3. The number of benzene rings is 1. The highest BCUT2D eigenvalue weighted by Gasteiger charge is 1.91. The molecular weight excluding hydrogens is 156 g/mol. The number of thiocarbonyl (C=S) groups is 1. The zero-order valence-corrected chi connectivity index (χ0v) is 6.80. The highest BCUT2D eigenvalue weighted by atomic mass is 32.1. The Morgan fingerprint density at radius 3 is 2.91 bits per heavy atom. The number of carbonyl (C=O) groups excluding carboxylic acids is 1. The van der Waals surface area contributed by atoms with Gasteiger partial charge in [0.15, 0.2) is 0 Å². The molecule has 0 heterocycles. The molecule has 56 valence electrons. The van der Waals surface area contributed by atoms with Gasteiger partial charge in [-0.05, 0) is 17.0 Å². The predicted molar refractivity (Wildman–Crippen MR) is 49.2 cm³/mol. The van der Waals surface area contributed by atoms with E-state index in [1.807, 2.05) is 18.2 Å². The van der Waals surface area contributed by atoms with E-state index in [-0.39, 0.29) is 0 Å². The van der Waals surface area contributed by atoms with Gasteiger partial charge in [0, 0.05) is 12.0 Å². The average molecular weight is 164 g/mol. The molecule has 2 heteroatoms. The van der Waals surface area contributed by atoms with Gasteiger partial charge in [-0.1, -0.05) is 30.4 Å². The molecule has 0 aliphatic carbocycles. The number of hydrogen-bond acceptors (Lipinski definition) is 2. The molecule has 0 atom stereocenters. The Morgan fingerprint density at radius 2 is 2.27 bits per heavy atom. The maximum absolute atomic E-state index is 10.3. The summed E-state index contributed by atoms with van der Waals surface area (Å²) in [4.78, 5) is 10.3. The van der Waals surface area contributed by atoms with Crippen LogP contribution in [0.2, 0.25) is 0 Å². The van der Waals surface area contributed by atoms with Crippen LogP contribution in [0.5, 0.6) is 0 Å². The summed E-state index contributed by atoms with van der Waals surface area (Å²) in [7, 11) is 0. The van der Waals surface area contributed by atoms with Gasteiger partial charge in [0.2, 0.25) is 0 Å². The van der Waals surface area contributed by atoms with Gasteiger partial charge in [0.1, 0.15) is 6.29 Å². The molecule has 0 bridgehead atoms. The molecule has 0 radical (unpaired) electrons. The van der Waals surface area contributed by atoms with Crippen molar-refractivity contribution in [2.45, 2.75) is 6.42 Å². The predicted octanol–water partition coefficient (Wildman–Crippen LogP) is 2.04. The minimum atomic E-state index is 0.708. The molecule has 1 aromatic carbocycles. The molecule has 0 aliphatic rings. The van der Waals surface area contributed by atoms with Gasteiger partial charge in [-0.2, -0.15) is 0 Å². The highest BCUT2D eigenvalue weighted by molar-refractivity contribution is 7.78. The van der Waals surface area contributed by atoms with E-state index in [0.717, 1.165) is 18.3 Å². The second-order valence-corrected chi connectivity index (χ2v) is 2.57. The molecule has 0 fully saturated rings. The number of carbonyl (C=O) groups is 1. The van der Waals surface area contributed by atoms with E-state index in [2.05, 4.69) is 0 Å². The largest absolute Gasteiger partial charge is 0.298 e. The van der Waals surface area contributed by atoms with E-state index in [4.69, 9.17) is 12.2 Å². The average Bonchev–Trinajstić information content (AvgIpc) is 2.06. The normalized spacial score (nSPS) is 9.09. The first kappa shape index (κ1) is 8.08. The molecule has 0 aromatic heterocycles. The fraction of sp³-hybridized carbons (Fsp3) is 0.111. The smallest absolute Gasteiger partial charge is 0.150 e. The molecule has 0 N–H and O–H groups in total. The topological polar surface area (TPSA) is 17.1 Å². The molecule has 0 spiro atoms. The Kier molecular flexibility index (Phi) is 2.93. The summed E-state index contributed by atoms with van der Waals surface area (Å²) < 4.78 is 0. The minimum Gasteiger partial charge on any atom is -0.298 e. The summed E-state index contributed by atoms with van der Waals surface area (Å²) in [6, 6.07) is 7.43. The molecule has 0 unspecified atom stereocenters. The molecule has 0 amide bonds. The third kappa shape index (κ3) is 2.24. The second kappa shape index (κ2) is 3.98. The molecular formula is C9H8OS. The van der Waals surface area contributed by atoms with Crippen molar-refractivity contribution in [3.05, 3.63) is 35.4 Å². The third-order valence-corrected chi connectivity index (χ3v) is 1.57. The quantitative estimate of drug-likeness (QED) is 0.502. The minimum absolute atomic E-state index is 0.708. The lowest BCUT2D eigenvalue weighted by molar-refractivity contribution is 0.112. The van der Waals surface area contributed by atoms with E-state index in [9.17, 15) is 4.79 Å². The molecule has 0 saturated carbocycles. The Morgan fingerprint density at radius 1 is 1.45 bits per heavy atom. The van der Waals surface area contributed by atoms with Crippen molar-refractivity contribution in [3.63, 3.8) is 0 Å². The fourth-order valence-electron chi connectivity index (χ4n) is 0.890. The first-order chi connectivity index (χ1) is 5.36. The maximum Gasteiger partial charge on any atom is 0.150 e. The molecule has 0 aliphatic heterocycles. The Hall–Kier alpha value is -1.02. The summed E-state index contributed by atoms with van der Waals surface area (Å²) in [5, 5.41) is 1.66. The van der Waals surface area contributed by atoms with Gasteiger partial charge < -0.3 is 0 Å². The third-order valence-electron chi connectivity index (χ3n) is 1.41. The molecule has 1 rings (SSSR count). The van der Waals surface area contributed by atoms with Gasteiger partial charge in [-0.25, -0.2) is 0 Å². The Bertz CT molecular complexity index is 268. The number of rotatable bonds is 3. The van der Waals surface area contributed by atoms with Crippen LogP contribution in [0.4, 0.5) is 0 Å².